The number of pyridine rings is 1. The van der Waals surface area contributed by atoms with Crippen LogP contribution in [0, 0.1) is 0 Å². The maximum absolute atomic E-state index is 6.65. The van der Waals surface area contributed by atoms with Gasteiger partial charge in [0.1, 0.15) is 5.65 Å². The summed E-state index contributed by atoms with van der Waals surface area (Å²) < 4.78 is 2.32. The summed E-state index contributed by atoms with van der Waals surface area (Å²) in [6.07, 6.45) is 0. The summed E-state index contributed by atoms with van der Waals surface area (Å²) in [5, 5.41) is 9.65. The first-order chi connectivity index (χ1) is 22.2. The average molecular weight is 611 g/mol. The van der Waals surface area contributed by atoms with Crippen molar-refractivity contribution in [1.29, 1.82) is 0 Å². The number of para-hydroxylation sites is 1. The molecule has 0 bridgehead atoms. The van der Waals surface area contributed by atoms with Crippen LogP contribution in [-0.2, 0) is 11.8 Å². The van der Waals surface area contributed by atoms with Gasteiger partial charge < -0.3 is 0 Å². The number of hydrogen-bond acceptors (Lipinski definition) is 2. The molecule has 7 aromatic carbocycles. The Kier molecular flexibility index (Phi) is 5.99. The Morgan fingerprint density at radius 1 is 0.444 bits per heavy atom. The number of imidazole rings is 1. The molecular weight excluding hydrogens is 584 g/mol. The lowest BCUT2D eigenvalue weighted by Crippen LogP contribution is -2.24. The number of nitrogens with zero attached hydrogens (tertiary/aromatic N) is 2. The standard InChI is InChI=1S/C41H27N2PS/c45-44(32-11-3-1-4-12-32,33-13-5-2-6-14-33)34-23-21-28-19-20-29(25-31(28)26-34)30-22-24-38-40(27-30)43-39-18-10-9-16-36(39)35-15-7-8-17-37(35)41(43)42-38/h1-27H. The van der Waals surface area contributed by atoms with Crippen molar-refractivity contribution >= 4 is 82.9 Å². The van der Waals surface area contributed by atoms with Gasteiger partial charge in [-0.2, -0.15) is 0 Å². The van der Waals surface area contributed by atoms with E-state index >= 15 is 0 Å². The van der Waals surface area contributed by atoms with E-state index in [-0.39, 0.29) is 0 Å². The first kappa shape index (κ1) is 26.3. The lowest BCUT2D eigenvalue weighted by atomic mass is 10.0. The molecule has 0 radical (unpaired) electrons. The quantitative estimate of drug-likeness (QED) is 0.146. The molecule has 0 N–H and O–H groups in total. The summed E-state index contributed by atoms with van der Waals surface area (Å²) in [6.45, 7) is 0. The Morgan fingerprint density at radius 2 is 1.04 bits per heavy atom. The molecular formula is C41H27N2PS. The molecule has 212 valence electrons. The monoisotopic (exact) mass is 610 g/mol. The smallest absolute Gasteiger partial charge is 0.146 e. The molecule has 0 aliphatic rings. The third kappa shape index (κ3) is 4.09. The lowest BCUT2D eigenvalue weighted by Gasteiger charge is -2.24. The Bertz CT molecular complexity index is 2580. The third-order valence-electron chi connectivity index (χ3n) is 9.02. The van der Waals surface area contributed by atoms with Crippen LogP contribution in [0.25, 0.3) is 60.3 Å². The Labute approximate surface area is 266 Å². The van der Waals surface area contributed by atoms with Gasteiger partial charge in [0, 0.05) is 16.8 Å². The molecule has 0 atom stereocenters. The maximum Gasteiger partial charge on any atom is 0.146 e. The van der Waals surface area contributed by atoms with E-state index in [4.69, 9.17) is 16.8 Å². The van der Waals surface area contributed by atoms with Gasteiger partial charge in [0.25, 0.3) is 0 Å². The highest BCUT2D eigenvalue weighted by Gasteiger charge is 2.25. The maximum atomic E-state index is 6.65. The molecule has 0 saturated carbocycles. The highest BCUT2D eigenvalue weighted by atomic mass is 32.4. The van der Waals surface area contributed by atoms with Gasteiger partial charge in [-0.15, -0.1) is 0 Å². The number of aromatic nitrogens is 2. The molecule has 4 heteroatoms. The summed E-state index contributed by atoms with van der Waals surface area (Å²) >= 11 is 6.65. The fourth-order valence-corrected chi connectivity index (χ4v) is 10.6. The summed E-state index contributed by atoms with van der Waals surface area (Å²) in [7, 11) is 0. The second-order valence-corrected chi connectivity index (χ2v) is 16.0. The van der Waals surface area contributed by atoms with Crippen LogP contribution >= 0.6 is 6.04 Å². The SMILES string of the molecule is S=P(c1ccccc1)(c1ccccc1)c1ccc2ccc(-c3ccc4nc5c6ccccc6c6ccccc6n5c4c3)cc2c1. The first-order valence-corrected chi connectivity index (χ1v) is 18.0. The Hall–Kier alpha value is -5.08. The van der Waals surface area contributed by atoms with Crippen LogP contribution in [0.5, 0.6) is 0 Å². The van der Waals surface area contributed by atoms with Crippen molar-refractivity contribution in [3.05, 3.63) is 164 Å². The fourth-order valence-electron chi connectivity index (χ4n) is 6.82. The van der Waals surface area contributed by atoms with Crippen LogP contribution < -0.4 is 15.9 Å². The van der Waals surface area contributed by atoms with Gasteiger partial charge in [-0.05, 0) is 73.5 Å². The predicted molar refractivity (Wildman–Crippen MR) is 197 cm³/mol. The second-order valence-electron chi connectivity index (χ2n) is 11.6. The van der Waals surface area contributed by atoms with Crippen molar-refractivity contribution in [3.63, 3.8) is 0 Å². The van der Waals surface area contributed by atoms with E-state index in [1.807, 2.05) is 0 Å². The zero-order valence-electron chi connectivity index (χ0n) is 24.3. The summed E-state index contributed by atoms with van der Waals surface area (Å²) in [4.78, 5) is 5.13. The molecule has 2 heterocycles. The minimum absolute atomic E-state index is 0.993. The molecule has 0 fully saturated rings. The van der Waals surface area contributed by atoms with E-state index < -0.39 is 6.04 Å². The Morgan fingerprint density at radius 3 is 1.80 bits per heavy atom. The molecule has 0 aliphatic carbocycles. The van der Waals surface area contributed by atoms with Crippen molar-refractivity contribution in [3.8, 4) is 11.1 Å². The molecule has 0 saturated heterocycles. The van der Waals surface area contributed by atoms with E-state index in [0.717, 1.165) is 16.7 Å². The van der Waals surface area contributed by atoms with Crippen LogP contribution in [0.3, 0.4) is 0 Å². The van der Waals surface area contributed by atoms with E-state index in [2.05, 4.69) is 168 Å². The minimum atomic E-state index is -2.24. The second kappa shape index (κ2) is 10.2. The Balaban J connectivity index is 1.24. The summed E-state index contributed by atoms with van der Waals surface area (Å²) in [5.74, 6) is 0. The number of hydrogen-bond donors (Lipinski definition) is 0. The van der Waals surface area contributed by atoms with Crippen LogP contribution in [0.1, 0.15) is 0 Å². The van der Waals surface area contributed by atoms with Gasteiger partial charge >= 0.3 is 0 Å². The van der Waals surface area contributed by atoms with Gasteiger partial charge in [0.15, 0.2) is 0 Å². The normalized spacial score (nSPS) is 12.1. The highest BCUT2D eigenvalue weighted by molar-refractivity contribution is 8.25. The largest absolute Gasteiger partial charge is 0.292 e. The summed E-state index contributed by atoms with van der Waals surface area (Å²) in [5.41, 5.74) is 6.61. The molecule has 2 nitrogen and oxygen atoms in total. The lowest BCUT2D eigenvalue weighted by molar-refractivity contribution is 1.31. The van der Waals surface area contributed by atoms with E-state index in [1.165, 1.54) is 59.5 Å². The fraction of sp³-hybridized carbons (Fsp3) is 0. The van der Waals surface area contributed by atoms with Gasteiger partial charge in [-0.3, -0.25) is 4.40 Å². The van der Waals surface area contributed by atoms with Gasteiger partial charge in [-0.1, -0.05) is 145 Å². The molecule has 2 aromatic heterocycles. The number of fused-ring (bicyclic) bond motifs is 9. The van der Waals surface area contributed by atoms with E-state index in [9.17, 15) is 0 Å². The third-order valence-corrected chi connectivity index (χ3v) is 14.0. The van der Waals surface area contributed by atoms with Crippen molar-refractivity contribution in [2.75, 3.05) is 0 Å². The molecule has 0 unspecified atom stereocenters. The average Bonchev–Trinajstić information content (AvgIpc) is 3.51. The van der Waals surface area contributed by atoms with Crippen LogP contribution in [0.4, 0.5) is 0 Å². The predicted octanol–water partition coefficient (Wildman–Crippen LogP) is 9.37. The molecule has 0 amide bonds. The van der Waals surface area contributed by atoms with Gasteiger partial charge in [0.2, 0.25) is 0 Å². The van der Waals surface area contributed by atoms with E-state index in [1.54, 1.807) is 0 Å². The molecule has 45 heavy (non-hydrogen) atoms. The van der Waals surface area contributed by atoms with Crippen molar-refractivity contribution in [2.24, 2.45) is 0 Å². The number of benzene rings is 7. The highest BCUT2D eigenvalue weighted by Crippen LogP contribution is 2.43. The topological polar surface area (TPSA) is 17.3 Å². The zero-order chi connectivity index (χ0) is 30.0. The van der Waals surface area contributed by atoms with Crippen molar-refractivity contribution < 1.29 is 0 Å². The van der Waals surface area contributed by atoms with Crippen LogP contribution in [0.15, 0.2) is 164 Å². The molecule has 0 aliphatic heterocycles. The zero-order valence-corrected chi connectivity index (χ0v) is 26.0. The first-order valence-electron chi connectivity index (χ1n) is 15.2. The van der Waals surface area contributed by atoms with Crippen molar-refractivity contribution in [1.82, 2.24) is 9.38 Å². The van der Waals surface area contributed by atoms with Gasteiger partial charge in [-0.25, -0.2) is 4.98 Å². The minimum Gasteiger partial charge on any atom is -0.292 e. The van der Waals surface area contributed by atoms with Crippen LogP contribution in [0.2, 0.25) is 0 Å². The van der Waals surface area contributed by atoms with E-state index in [0.29, 0.717) is 0 Å². The van der Waals surface area contributed by atoms with Gasteiger partial charge in [0.05, 0.1) is 16.6 Å². The molecule has 9 aromatic rings. The summed E-state index contributed by atoms with van der Waals surface area (Å²) in [6, 6.07) is 56.4. The van der Waals surface area contributed by atoms with Crippen molar-refractivity contribution in [2.45, 2.75) is 0 Å². The molecule has 0 spiro atoms. The molecule has 9 rings (SSSR count). The number of rotatable bonds is 4. The van der Waals surface area contributed by atoms with Crippen LogP contribution in [-0.4, -0.2) is 9.38 Å².